The van der Waals surface area contributed by atoms with Gasteiger partial charge in [0.1, 0.15) is 17.1 Å². The molecule has 0 unspecified atom stereocenters. The molecule has 4 aromatic rings. The van der Waals surface area contributed by atoms with Crippen molar-refractivity contribution in [2.75, 3.05) is 0 Å². The van der Waals surface area contributed by atoms with Gasteiger partial charge in [-0.25, -0.2) is 14.2 Å². The average Bonchev–Trinajstić information content (AvgIpc) is 3.33. The number of rotatable bonds is 5. The quantitative estimate of drug-likeness (QED) is 0.476. The minimum Gasteiger partial charge on any atom is -0.477 e. The third kappa shape index (κ3) is 3.45. The third-order valence-electron chi connectivity index (χ3n) is 4.40. The Morgan fingerprint density at radius 3 is 2.59 bits per heavy atom. The van der Waals surface area contributed by atoms with Crippen LogP contribution in [0.25, 0.3) is 22.3 Å². The molecule has 1 atom stereocenters. The fourth-order valence-electron chi connectivity index (χ4n) is 3.00. The number of carboxylic acid groups (broad SMARTS) is 1. The highest BCUT2D eigenvalue weighted by molar-refractivity contribution is 5.97. The smallest absolute Gasteiger partial charge is 0.341 e. The Morgan fingerprint density at radius 2 is 1.90 bits per heavy atom. The first-order valence-electron chi connectivity index (χ1n) is 8.68. The van der Waals surface area contributed by atoms with Gasteiger partial charge >= 0.3 is 5.97 Å². The number of benzene rings is 2. The summed E-state index contributed by atoms with van der Waals surface area (Å²) in [5.41, 5.74) is 1.57. The van der Waals surface area contributed by atoms with Crippen LogP contribution in [0, 0.1) is 5.82 Å². The van der Waals surface area contributed by atoms with Gasteiger partial charge in [-0.1, -0.05) is 17.3 Å². The van der Waals surface area contributed by atoms with Crippen molar-refractivity contribution < 1.29 is 23.6 Å². The maximum Gasteiger partial charge on any atom is 0.341 e. The monoisotopic (exact) mass is 394 g/mol. The second-order valence-corrected chi connectivity index (χ2v) is 6.38. The zero-order valence-corrected chi connectivity index (χ0v) is 15.1. The molecule has 0 aliphatic heterocycles. The minimum atomic E-state index is -1.27. The van der Waals surface area contributed by atoms with Crippen LogP contribution in [0.15, 0.2) is 53.1 Å². The number of aromatic carboxylic acids is 1. The number of H-pyrrole nitrogens is 1. The Hall–Kier alpha value is -4.01. The Balaban J connectivity index is 1.62. The summed E-state index contributed by atoms with van der Waals surface area (Å²) >= 11 is 0. The molecule has 0 aliphatic rings. The Morgan fingerprint density at radius 1 is 1.17 bits per heavy atom. The second kappa shape index (κ2) is 7.19. The lowest BCUT2D eigenvalue weighted by Gasteiger charge is -2.10. The van der Waals surface area contributed by atoms with Crippen LogP contribution < -0.4 is 5.32 Å². The molecule has 0 radical (unpaired) electrons. The first-order chi connectivity index (χ1) is 13.9. The fraction of sp³-hybridized carbons (Fsp3) is 0.100. The van der Waals surface area contributed by atoms with Gasteiger partial charge in [-0.3, -0.25) is 4.79 Å². The van der Waals surface area contributed by atoms with Gasteiger partial charge in [-0.05, 0) is 43.3 Å². The van der Waals surface area contributed by atoms with Crippen LogP contribution in [0.1, 0.15) is 39.7 Å². The Bertz CT molecular complexity index is 1180. The molecule has 0 saturated heterocycles. The van der Waals surface area contributed by atoms with Crippen molar-refractivity contribution in [2.45, 2.75) is 13.0 Å². The SMILES string of the molecule is C[C@@H](NC(=O)c1nc2ccccc2[nH]1)c1onc(-c2ccc(F)cc2)c1C(=O)O. The summed E-state index contributed by atoms with van der Waals surface area (Å²) < 4.78 is 18.4. The number of fused-ring (bicyclic) bond motifs is 1. The van der Waals surface area contributed by atoms with Crippen molar-refractivity contribution in [1.29, 1.82) is 0 Å². The molecule has 2 aromatic carbocycles. The summed E-state index contributed by atoms with van der Waals surface area (Å²) in [4.78, 5) is 31.5. The Kier molecular flexibility index (Phi) is 4.55. The summed E-state index contributed by atoms with van der Waals surface area (Å²) in [7, 11) is 0. The number of carbonyl (C=O) groups is 2. The van der Waals surface area contributed by atoms with Gasteiger partial charge in [-0.15, -0.1) is 0 Å². The summed E-state index contributed by atoms with van der Waals surface area (Å²) in [6, 6.07) is 11.6. The lowest BCUT2D eigenvalue weighted by molar-refractivity contribution is 0.0692. The molecular formula is C20H15FN4O4. The minimum absolute atomic E-state index is 0.0266. The van der Waals surface area contributed by atoms with Crippen LogP contribution in [-0.4, -0.2) is 32.1 Å². The molecule has 8 nitrogen and oxygen atoms in total. The number of aromatic nitrogens is 3. The molecule has 0 spiro atoms. The van der Waals surface area contributed by atoms with Crippen molar-refractivity contribution in [3.63, 3.8) is 0 Å². The number of nitrogens with zero attached hydrogens (tertiary/aromatic N) is 2. The van der Waals surface area contributed by atoms with Gasteiger partial charge in [0.05, 0.1) is 17.1 Å². The number of imidazole rings is 1. The molecule has 2 heterocycles. The third-order valence-corrected chi connectivity index (χ3v) is 4.40. The van der Waals surface area contributed by atoms with E-state index in [1.165, 1.54) is 24.3 Å². The zero-order chi connectivity index (χ0) is 20.5. The maximum absolute atomic E-state index is 13.2. The lowest BCUT2D eigenvalue weighted by atomic mass is 10.0. The molecule has 146 valence electrons. The zero-order valence-electron chi connectivity index (χ0n) is 15.1. The van der Waals surface area contributed by atoms with Crippen molar-refractivity contribution in [1.82, 2.24) is 20.4 Å². The summed E-state index contributed by atoms with van der Waals surface area (Å²) in [6.07, 6.45) is 0. The molecule has 4 rings (SSSR count). The Labute approximate surface area is 163 Å². The topological polar surface area (TPSA) is 121 Å². The highest BCUT2D eigenvalue weighted by Crippen LogP contribution is 2.29. The van der Waals surface area contributed by atoms with Crippen LogP contribution in [0.5, 0.6) is 0 Å². The van der Waals surface area contributed by atoms with Gasteiger partial charge < -0.3 is 19.9 Å². The normalized spacial score (nSPS) is 12.1. The summed E-state index contributed by atoms with van der Waals surface area (Å²) in [5, 5.41) is 16.1. The van der Waals surface area contributed by atoms with Gasteiger partial charge in [0, 0.05) is 5.56 Å². The van der Waals surface area contributed by atoms with E-state index in [1.54, 1.807) is 25.1 Å². The second-order valence-electron chi connectivity index (χ2n) is 6.38. The number of para-hydroxylation sites is 2. The van der Waals surface area contributed by atoms with Crippen LogP contribution in [0.4, 0.5) is 4.39 Å². The molecule has 29 heavy (non-hydrogen) atoms. The molecule has 0 aliphatic carbocycles. The summed E-state index contributed by atoms with van der Waals surface area (Å²) in [6.45, 7) is 1.57. The van der Waals surface area contributed by atoms with E-state index >= 15 is 0 Å². The number of halogens is 1. The molecule has 1 amide bonds. The van der Waals surface area contributed by atoms with E-state index < -0.39 is 23.7 Å². The first kappa shape index (κ1) is 18.4. The summed E-state index contributed by atoms with van der Waals surface area (Å²) in [5.74, 6) is -2.19. The maximum atomic E-state index is 13.2. The molecule has 0 bridgehead atoms. The van der Waals surface area contributed by atoms with Crippen molar-refractivity contribution in [3.8, 4) is 11.3 Å². The lowest BCUT2D eigenvalue weighted by Crippen LogP contribution is -2.28. The van der Waals surface area contributed by atoms with E-state index in [1.807, 2.05) is 6.07 Å². The number of amides is 1. The van der Waals surface area contributed by atoms with Gasteiger partial charge in [-0.2, -0.15) is 0 Å². The largest absolute Gasteiger partial charge is 0.477 e. The van der Waals surface area contributed by atoms with Gasteiger partial charge in [0.2, 0.25) is 0 Å². The standard InChI is InChI=1S/C20H15FN4O4/c1-10(22-19(26)18-23-13-4-2-3-5-14(13)24-18)17-15(20(27)28)16(25-29-17)11-6-8-12(21)9-7-11/h2-10H,1H3,(H,22,26)(H,23,24)(H,27,28)/t10-/m1/s1. The number of aromatic amines is 1. The van der Waals surface area contributed by atoms with Crippen LogP contribution in [0.3, 0.4) is 0 Å². The van der Waals surface area contributed by atoms with Crippen molar-refractivity contribution in [3.05, 3.63) is 71.5 Å². The first-order valence-corrected chi connectivity index (χ1v) is 8.68. The molecule has 9 heteroatoms. The molecule has 0 saturated carbocycles. The fourth-order valence-corrected chi connectivity index (χ4v) is 3.00. The van der Waals surface area contributed by atoms with E-state index in [4.69, 9.17) is 4.52 Å². The van der Waals surface area contributed by atoms with Crippen LogP contribution in [-0.2, 0) is 0 Å². The molecule has 0 fully saturated rings. The van der Waals surface area contributed by atoms with E-state index in [9.17, 15) is 19.1 Å². The van der Waals surface area contributed by atoms with E-state index in [-0.39, 0.29) is 22.8 Å². The number of hydrogen-bond acceptors (Lipinski definition) is 5. The van der Waals surface area contributed by atoms with E-state index in [2.05, 4.69) is 20.4 Å². The van der Waals surface area contributed by atoms with Crippen molar-refractivity contribution in [2.24, 2.45) is 0 Å². The molecular weight excluding hydrogens is 379 g/mol. The predicted molar refractivity (Wildman–Crippen MR) is 101 cm³/mol. The molecule has 3 N–H and O–H groups in total. The van der Waals surface area contributed by atoms with Gasteiger partial charge in [0.25, 0.3) is 5.91 Å². The highest BCUT2D eigenvalue weighted by Gasteiger charge is 2.28. The van der Waals surface area contributed by atoms with Crippen LogP contribution >= 0.6 is 0 Å². The number of carboxylic acids is 1. The van der Waals surface area contributed by atoms with E-state index in [0.29, 0.717) is 16.6 Å². The number of carbonyl (C=O) groups excluding carboxylic acids is 1. The predicted octanol–water partition coefficient (Wildman–Crippen LogP) is 3.55. The van der Waals surface area contributed by atoms with Gasteiger partial charge in [0.15, 0.2) is 11.6 Å². The highest BCUT2D eigenvalue weighted by atomic mass is 19.1. The molecule has 2 aromatic heterocycles. The number of hydrogen-bond donors (Lipinski definition) is 3. The van der Waals surface area contributed by atoms with E-state index in [0.717, 1.165) is 0 Å². The average molecular weight is 394 g/mol. The number of nitrogens with one attached hydrogen (secondary N) is 2. The van der Waals surface area contributed by atoms with Crippen LogP contribution in [0.2, 0.25) is 0 Å². The van der Waals surface area contributed by atoms with Crippen molar-refractivity contribution >= 4 is 22.9 Å².